The van der Waals surface area contributed by atoms with Crippen molar-refractivity contribution in [2.24, 2.45) is 0 Å². The number of ether oxygens (including phenoxy) is 2. The van der Waals surface area contributed by atoms with Crippen LogP contribution in [0.5, 0.6) is 5.75 Å². The molecule has 1 saturated heterocycles. The molecule has 9 heteroatoms. The Labute approximate surface area is 192 Å². The minimum Gasteiger partial charge on any atom is -0.872 e. The van der Waals surface area contributed by atoms with Gasteiger partial charge in [-0.1, -0.05) is 17.9 Å². The van der Waals surface area contributed by atoms with Crippen molar-refractivity contribution in [3.8, 4) is 5.75 Å². The molecule has 1 amide bonds. The number of benzene rings is 1. The molecule has 1 atom stereocenters. The van der Waals surface area contributed by atoms with Crippen LogP contribution in [-0.4, -0.2) is 68.9 Å². The third kappa shape index (κ3) is 4.36. The van der Waals surface area contributed by atoms with E-state index in [0.29, 0.717) is 35.7 Å². The molecule has 1 unspecified atom stereocenters. The Morgan fingerprint density at radius 2 is 1.79 bits per heavy atom. The molecule has 0 saturated carbocycles. The minimum absolute atomic E-state index is 0.125. The second-order valence-electron chi connectivity index (χ2n) is 8.32. The van der Waals surface area contributed by atoms with E-state index in [1.807, 2.05) is 14.1 Å². The molecule has 1 aliphatic rings. The normalized spacial score (nSPS) is 17.7. The minimum atomic E-state index is -0.835. The first-order chi connectivity index (χ1) is 15.6. The summed E-state index contributed by atoms with van der Waals surface area (Å²) in [5.74, 6) is -2.11. The maximum atomic E-state index is 13.7. The maximum Gasteiger partial charge on any atom is 0.354 e. The Morgan fingerprint density at radius 3 is 2.33 bits per heavy atom. The highest BCUT2D eigenvalue weighted by Gasteiger charge is 2.44. The van der Waals surface area contributed by atoms with Crippen LogP contribution in [0.2, 0.25) is 0 Å². The van der Waals surface area contributed by atoms with Crippen molar-refractivity contribution in [2.45, 2.75) is 19.9 Å². The van der Waals surface area contributed by atoms with Crippen LogP contribution in [0.4, 0.5) is 0 Å². The van der Waals surface area contributed by atoms with Crippen LogP contribution in [0.1, 0.15) is 38.9 Å². The molecule has 1 aromatic heterocycles. The van der Waals surface area contributed by atoms with Gasteiger partial charge >= 0.3 is 5.97 Å². The summed E-state index contributed by atoms with van der Waals surface area (Å²) in [6.45, 7) is 4.16. The number of aromatic nitrogens is 1. The molecule has 2 N–H and O–H groups in total. The average Bonchev–Trinajstić information content (AvgIpc) is 3.23. The Balaban J connectivity index is 2.21. The van der Waals surface area contributed by atoms with Crippen LogP contribution >= 0.6 is 0 Å². The standard InChI is InChI=1S/C24H29N3O6/c1-13-17(14(2)25-19(13)24(31)33-6)21(28)18-20(15-7-9-16(32-5)10-8-15)27(12-11-26(3)4)23(30)22(18)29/h7-10,20,25,28H,11-12H2,1-6H3. The van der Waals surface area contributed by atoms with E-state index in [1.165, 1.54) is 12.0 Å². The Morgan fingerprint density at radius 1 is 1.15 bits per heavy atom. The predicted octanol–water partition coefficient (Wildman–Crippen LogP) is -0.205. The lowest BCUT2D eigenvalue weighted by molar-refractivity contribution is -0.857. The molecule has 2 aromatic rings. The van der Waals surface area contributed by atoms with Gasteiger partial charge in [-0.15, -0.1) is 0 Å². The molecular weight excluding hydrogens is 426 g/mol. The fourth-order valence-electron chi connectivity index (χ4n) is 4.11. The molecule has 1 aromatic carbocycles. The van der Waals surface area contributed by atoms with Gasteiger partial charge in [0.1, 0.15) is 11.4 Å². The van der Waals surface area contributed by atoms with Crippen LogP contribution in [0.3, 0.4) is 0 Å². The van der Waals surface area contributed by atoms with Gasteiger partial charge in [-0.3, -0.25) is 9.59 Å². The van der Waals surface area contributed by atoms with E-state index in [2.05, 4.69) is 4.98 Å². The molecule has 0 radical (unpaired) electrons. The number of carbonyl (C=O) groups excluding carboxylic acids is 3. The molecule has 1 fully saturated rings. The lowest BCUT2D eigenvalue weighted by Crippen LogP contribution is -3.06. The summed E-state index contributed by atoms with van der Waals surface area (Å²) >= 11 is 0. The highest BCUT2D eigenvalue weighted by atomic mass is 16.5. The number of nitrogens with one attached hydrogen (secondary N) is 2. The molecule has 2 heterocycles. The van der Waals surface area contributed by atoms with E-state index >= 15 is 0 Å². The van der Waals surface area contributed by atoms with Crippen LogP contribution in [0.25, 0.3) is 5.76 Å². The quantitative estimate of drug-likeness (QED) is 0.258. The van der Waals surface area contributed by atoms with E-state index in [0.717, 1.165) is 4.90 Å². The second-order valence-corrected chi connectivity index (χ2v) is 8.32. The number of hydrogen-bond acceptors (Lipinski definition) is 6. The van der Waals surface area contributed by atoms with Gasteiger partial charge in [0.25, 0.3) is 5.91 Å². The molecule has 0 spiro atoms. The number of likely N-dealkylation sites (tertiary alicyclic amines) is 1. The topological polar surface area (TPSA) is 116 Å². The summed E-state index contributed by atoms with van der Waals surface area (Å²) < 4.78 is 10.00. The first-order valence-corrected chi connectivity index (χ1v) is 10.6. The Hall–Kier alpha value is -3.59. The van der Waals surface area contributed by atoms with E-state index < -0.39 is 29.5 Å². The van der Waals surface area contributed by atoms with Crippen LogP contribution < -0.4 is 14.7 Å². The lowest BCUT2D eigenvalue weighted by atomic mass is 9.94. The number of methoxy groups -OCH3 is 2. The zero-order valence-corrected chi connectivity index (χ0v) is 19.7. The van der Waals surface area contributed by atoms with Gasteiger partial charge in [0, 0.05) is 11.3 Å². The Kier molecular flexibility index (Phi) is 6.92. The SMILES string of the molecule is COC(=O)c1[nH]c(C)c(C([O-])=C2C(=O)C(=O)N(CC[NH+](C)C)C2c2ccc(OC)cc2)c1C. The first-order valence-electron chi connectivity index (χ1n) is 10.6. The molecule has 1 aliphatic heterocycles. The van der Waals surface area contributed by atoms with Crippen LogP contribution in [0, 0.1) is 13.8 Å². The number of carbonyl (C=O) groups is 3. The van der Waals surface area contributed by atoms with Crippen molar-refractivity contribution < 1.29 is 33.9 Å². The summed E-state index contributed by atoms with van der Waals surface area (Å²) in [6.07, 6.45) is 0. The third-order valence-corrected chi connectivity index (χ3v) is 5.87. The van der Waals surface area contributed by atoms with Crippen molar-refractivity contribution in [1.29, 1.82) is 0 Å². The van der Waals surface area contributed by atoms with Gasteiger partial charge < -0.3 is 29.4 Å². The Bertz CT molecular complexity index is 1110. The lowest BCUT2D eigenvalue weighted by Gasteiger charge is -2.28. The zero-order valence-electron chi connectivity index (χ0n) is 19.7. The third-order valence-electron chi connectivity index (χ3n) is 5.87. The van der Waals surface area contributed by atoms with Gasteiger partial charge in [-0.05, 0) is 42.7 Å². The first kappa shape index (κ1) is 24.1. The van der Waals surface area contributed by atoms with Gasteiger partial charge in [0.2, 0.25) is 5.78 Å². The molecule has 9 nitrogen and oxygen atoms in total. The summed E-state index contributed by atoms with van der Waals surface area (Å²) in [5, 5.41) is 13.7. The largest absolute Gasteiger partial charge is 0.872 e. The number of aryl methyl sites for hydroxylation is 1. The monoisotopic (exact) mass is 455 g/mol. The number of nitrogens with zero attached hydrogens (tertiary/aromatic N) is 1. The van der Waals surface area contributed by atoms with Crippen molar-refractivity contribution in [2.75, 3.05) is 41.4 Å². The van der Waals surface area contributed by atoms with Gasteiger partial charge in [0.15, 0.2) is 0 Å². The number of H-pyrrole nitrogens is 1. The summed E-state index contributed by atoms with van der Waals surface area (Å²) in [6, 6.07) is 6.10. The van der Waals surface area contributed by atoms with E-state index in [9.17, 15) is 19.5 Å². The fraction of sp³-hybridized carbons (Fsp3) is 0.375. The molecule has 3 rings (SSSR count). The number of Topliss-reactive ketones (excluding diaryl/α,β-unsaturated/α-hetero) is 1. The second kappa shape index (κ2) is 9.50. The van der Waals surface area contributed by atoms with Gasteiger partial charge in [-0.2, -0.15) is 0 Å². The van der Waals surface area contributed by atoms with Crippen LogP contribution in [-0.2, 0) is 14.3 Å². The highest BCUT2D eigenvalue weighted by molar-refractivity contribution is 6.46. The van der Waals surface area contributed by atoms with Crippen molar-refractivity contribution in [1.82, 2.24) is 9.88 Å². The number of quaternary nitrogens is 1. The van der Waals surface area contributed by atoms with E-state index in [-0.39, 0.29) is 16.8 Å². The molecule has 33 heavy (non-hydrogen) atoms. The number of hydrogen-bond donors (Lipinski definition) is 2. The summed E-state index contributed by atoms with van der Waals surface area (Å²) in [4.78, 5) is 43.6. The number of amides is 1. The van der Waals surface area contributed by atoms with Crippen LogP contribution in [0.15, 0.2) is 29.8 Å². The summed E-state index contributed by atoms with van der Waals surface area (Å²) in [7, 11) is 6.68. The highest BCUT2D eigenvalue weighted by Crippen LogP contribution is 2.40. The van der Waals surface area contributed by atoms with Gasteiger partial charge in [0.05, 0.1) is 47.4 Å². The van der Waals surface area contributed by atoms with Crippen molar-refractivity contribution in [3.63, 3.8) is 0 Å². The molecular formula is C24H29N3O6. The maximum absolute atomic E-state index is 13.7. The van der Waals surface area contributed by atoms with E-state index in [4.69, 9.17) is 9.47 Å². The predicted molar refractivity (Wildman–Crippen MR) is 119 cm³/mol. The average molecular weight is 456 g/mol. The number of ketones is 1. The molecule has 0 aliphatic carbocycles. The summed E-state index contributed by atoms with van der Waals surface area (Å²) in [5.41, 5.74) is 1.65. The zero-order chi connectivity index (χ0) is 24.4. The molecule has 176 valence electrons. The van der Waals surface area contributed by atoms with Crippen molar-refractivity contribution >= 4 is 23.4 Å². The smallest absolute Gasteiger partial charge is 0.354 e. The number of esters is 1. The number of aromatic amines is 1. The fourth-order valence-corrected chi connectivity index (χ4v) is 4.11. The molecule has 0 bridgehead atoms. The van der Waals surface area contributed by atoms with E-state index in [1.54, 1.807) is 45.2 Å². The number of rotatable bonds is 7. The van der Waals surface area contributed by atoms with Gasteiger partial charge in [-0.25, -0.2) is 4.79 Å². The number of likely N-dealkylation sites (N-methyl/N-ethyl adjacent to an activating group) is 1. The van der Waals surface area contributed by atoms with Crippen molar-refractivity contribution in [3.05, 3.63) is 57.9 Å².